The Kier molecular flexibility index (Phi) is 2.48. The standard InChI is InChI=1S/C11H14/c1-9(2)8-11-7-5-4-6-10(11)3/h4-9H,3H2,1-2H3/b11-8-. The van der Waals surface area contributed by atoms with Crippen LogP contribution in [0.15, 0.2) is 24.3 Å². The predicted octanol–water partition coefficient (Wildman–Crippen LogP) is 1.53. The first-order valence-corrected chi connectivity index (χ1v) is 3.96. The molecule has 1 rings (SSSR count). The molecule has 0 heteroatoms. The van der Waals surface area contributed by atoms with Crippen molar-refractivity contribution in [1.29, 1.82) is 0 Å². The van der Waals surface area contributed by atoms with Gasteiger partial charge in [0.05, 0.1) is 0 Å². The fourth-order valence-electron chi connectivity index (χ4n) is 1.06. The lowest BCUT2D eigenvalue weighted by molar-refractivity contribution is 0.880. The van der Waals surface area contributed by atoms with Crippen molar-refractivity contribution in [2.75, 3.05) is 0 Å². The van der Waals surface area contributed by atoms with Crippen molar-refractivity contribution in [2.45, 2.75) is 13.8 Å². The molecule has 1 aromatic rings. The van der Waals surface area contributed by atoms with Crippen LogP contribution in [0.1, 0.15) is 13.8 Å². The molecular formula is C11H14. The largest absolute Gasteiger partial charge is 0.0912 e. The zero-order valence-electron chi connectivity index (χ0n) is 7.17. The normalized spacial score (nSPS) is 12.5. The fourth-order valence-corrected chi connectivity index (χ4v) is 1.06. The fraction of sp³-hybridized carbons (Fsp3) is 0.273. The van der Waals surface area contributed by atoms with E-state index in [1.165, 1.54) is 5.22 Å². The molecule has 11 heavy (non-hydrogen) atoms. The number of rotatable bonds is 1. The molecule has 0 bridgehead atoms. The van der Waals surface area contributed by atoms with Crippen LogP contribution in [0.3, 0.4) is 0 Å². The molecule has 0 radical (unpaired) electrons. The summed E-state index contributed by atoms with van der Waals surface area (Å²) < 4.78 is 0. The summed E-state index contributed by atoms with van der Waals surface area (Å²) in [5, 5.41) is 2.36. The average molecular weight is 146 g/mol. The molecule has 0 fully saturated rings. The summed E-state index contributed by atoms with van der Waals surface area (Å²) >= 11 is 0. The van der Waals surface area contributed by atoms with Crippen LogP contribution < -0.4 is 10.4 Å². The van der Waals surface area contributed by atoms with Crippen LogP contribution in [0.4, 0.5) is 0 Å². The molecule has 0 spiro atoms. The lowest BCUT2D eigenvalue weighted by atomic mass is 10.1. The maximum absolute atomic E-state index is 3.94. The molecule has 0 nitrogen and oxygen atoms in total. The number of hydrogen-bond acceptors (Lipinski definition) is 0. The maximum atomic E-state index is 3.94. The van der Waals surface area contributed by atoms with Gasteiger partial charge in [-0.25, -0.2) is 0 Å². The third-order valence-corrected chi connectivity index (χ3v) is 1.57. The quantitative estimate of drug-likeness (QED) is 0.563. The van der Waals surface area contributed by atoms with Crippen molar-refractivity contribution < 1.29 is 0 Å². The summed E-state index contributed by atoms with van der Waals surface area (Å²) in [6, 6.07) is 8.19. The Morgan fingerprint density at radius 1 is 1.27 bits per heavy atom. The van der Waals surface area contributed by atoms with Crippen molar-refractivity contribution in [3.05, 3.63) is 34.7 Å². The van der Waals surface area contributed by atoms with Crippen LogP contribution in [0.5, 0.6) is 0 Å². The van der Waals surface area contributed by atoms with E-state index in [0.717, 1.165) is 5.22 Å². The van der Waals surface area contributed by atoms with Gasteiger partial charge in [-0.15, -0.1) is 0 Å². The molecule has 0 saturated heterocycles. The predicted molar refractivity (Wildman–Crippen MR) is 50.5 cm³/mol. The Hall–Kier alpha value is -1.04. The Balaban J connectivity index is 3.24. The van der Waals surface area contributed by atoms with Gasteiger partial charge in [0.1, 0.15) is 0 Å². The Bertz CT molecular complexity index is 320. The molecule has 0 atom stereocenters. The van der Waals surface area contributed by atoms with Gasteiger partial charge in [0.2, 0.25) is 0 Å². The van der Waals surface area contributed by atoms with Crippen molar-refractivity contribution in [2.24, 2.45) is 5.92 Å². The molecule has 0 N–H and O–H groups in total. The minimum absolute atomic E-state index is 0.595. The van der Waals surface area contributed by atoms with Gasteiger partial charge in [0.25, 0.3) is 0 Å². The number of benzene rings is 1. The van der Waals surface area contributed by atoms with Crippen LogP contribution in [-0.2, 0) is 0 Å². The van der Waals surface area contributed by atoms with Crippen LogP contribution in [0, 0.1) is 5.92 Å². The minimum atomic E-state index is 0.595. The van der Waals surface area contributed by atoms with E-state index in [1.54, 1.807) is 0 Å². The first-order valence-electron chi connectivity index (χ1n) is 3.96. The molecule has 0 saturated carbocycles. The average Bonchev–Trinajstić information content (AvgIpc) is 1.93. The Morgan fingerprint density at radius 2 is 1.91 bits per heavy atom. The zero-order valence-corrected chi connectivity index (χ0v) is 7.17. The van der Waals surface area contributed by atoms with Gasteiger partial charge < -0.3 is 0 Å². The van der Waals surface area contributed by atoms with E-state index < -0.39 is 0 Å². The molecule has 58 valence electrons. The second-order valence-corrected chi connectivity index (χ2v) is 3.11. The van der Waals surface area contributed by atoms with E-state index in [1.807, 2.05) is 18.2 Å². The molecular weight excluding hydrogens is 132 g/mol. The minimum Gasteiger partial charge on any atom is -0.0912 e. The lowest BCUT2D eigenvalue weighted by Gasteiger charge is -1.93. The smallest absolute Gasteiger partial charge is 0.0227 e. The highest BCUT2D eigenvalue weighted by Crippen LogP contribution is 1.90. The maximum Gasteiger partial charge on any atom is -0.0227 e. The molecule has 0 aliphatic heterocycles. The van der Waals surface area contributed by atoms with E-state index in [0.29, 0.717) is 5.92 Å². The summed E-state index contributed by atoms with van der Waals surface area (Å²) in [4.78, 5) is 0. The van der Waals surface area contributed by atoms with Gasteiger partial charge in [-0.2, -0.15) is 0 Å². The van der Waals surface area contributed by atoms with Gasteiger partial charge in [0, 0.05) is 0 Å². The molecule has 1 aromatic carbocycles. The Labute approximate surface area is 67.9 Å². The van der Waals surface area contributed by atoms with E-state index in [4.69, 9.17) is 0 Å². The van der Waals surface area contributed by atoms with E-state index in [-0.39, 0.29) is 0 Å². The molecule has 0 aromatic heterocycles. The van der Waals surface area contributed by atoms with Gasteiger partial charge in [0.15, 0.2) is 0 Å². The summed E-state index contributed by atoms with van der Waals surface area (Å²) in [6.07, 6.45) is 2.22. The topological polar surface area (TPSA) is 0 Å². The van der Waals surface area contributed by atoms with Crippen molar-refractivity contribution in [3.63, 3.8) is 0 Å². The molecule has 0 heterocycles. The second kappa shape index (κ2) is 3.38. The van der Waals surface area contributed by atoms with Crippen LogP contribution in [0.2, 0.25) is 0 Å². The molecule has 0 unspecified atom stereocenters. The highest BCUT2D eigenvalue weighted by molar-refractivity contribution is 5.27. The number of hydrogen-bond donors (Lipinski definition) is 0. The third kappa shape index (κ3) is 2.23. The highest BCUT2D eigenvalue weighted by atomic mass is 13.9. The van der Waals surface area contributed by atoms with Gasteiger partial charge in [-0.3, -0.25) is 0 Å². The van der Waals surface area contributed by atoms with Gasteiger partial charge in [-0.1, -0.05) is 50.8 Å². The van der Waals surface area contributed by atoms with Crippen LogP contribution in [0.25, 0.3) is 12.7 Å². The summed E-state index contributed by atoms with van der Waals surface area (Å²) in [5.74, 6) is 0.595. The molecule has 0 aliphatic rings. The van der Waals surface area contributed by atoms with Gasteiger partial charge in [-0.05, 0) is 16.4 Å². The lowest BCUT2D eigenvalue weighted by Crippen LogP contribution is -2.22. The molecule has 0 amide bonds. The van der Waals surface area contributed by atoms with Crippen molar-refractivity contribution in [3.8, 4) is 0 Å². The summed E-state index contributed by atoms with van der Waals surface area (Å²) in [5.41, 5.74) is 0. The molecule has 0 aliphatic carbocycles. The SMILES string of the molecule is C=c1cccc/c1=C/C(C)C. The zero-order chi connectivity index (χ0) is 8.27. The third-order valence-electron chi connectivity index (χ3n) is 1.57. The van der Waals surface area contributed by atoms with Crippen LogP contribution in [-0.4, -0.2) is 0 Å². The first kappa shape index (κ1) is 8.06. The van der Waals surface area contributed by atoms with E-state index >= 15 is 0 Å². The van der Waals surface area contributed by atoms with E-state index in [9.17, 15) is 0 Å². The van der Waals surface area contributed by atoms with Crippen molar-refractivity contribution >= 4 is 12.7 Å². The first-order chi connectivity index (χ1) is 5.20. The summed E-state index contributed by atoms with van der Waals surface area (Å²) in [7, 11) is 0. The Morgan fingerprint density at radius 3 is 2.45 bits per heavy atom. The van der Waals surface area contributed by atoms with Gasteiger partial charge >= 0.3 is 0 Å². The highest BCUT2D eigenvalue weighted by Gasteiger charge is 1.85. The van der Waals surface area contributed by atoms with E-state index in [2.05, 4.69) is 32.6 Å². The monoisotopic (exact) mass is 146 g/mol. The summed E-state index contributed by atoms with van der Waals surface area (Å²) in [6.45, 7) is 8.29. The second-order valence-electron chi connectivity index (χ2n) is 3.11. The van der Waals surface area contributed by atoms with Crippen LogP contribution >= 0.6 is 0 Å². The van der Waals surface area contributed by atoms with Crippen molar-refractivity contribution in [1.82, 2.24) is 0 Å².